The third kappa shape index (κ3) is 5.97. The topological polar surface area (TPSA) is 38.1 Å². The SMILES string of the molecule is C=C(NC(CCCCC)c1ccc(Br)cc1CC)c1coc(C(C)(C)C)n1. The molecule has 1 unspecified atom stereocenters. The molecule has 2 aromatic rings. The van der Waals surface area contributed by atoms with Crippen LogP contribution in [0, 0.1) is 0 Å². The first-order valence-electron chi connectivity index (χ1n) is 9.96. The van der Waals surface area contributed by atoms with Crippen molar-refractivity contribution in [2.45, 2.75) is 78.2 Å². The van der Waals surface area contributed by atoms with Crippen LogP contribution in [0.2, 0.25) is 0 Å². The molecule has 0 fully saturated rings. The number of halogens is 1. The molecule has 27 heavy (non-hydrogen) atoms. The minimum absolute atomic E-state index is 0.111. The van der Waals surface area contributed by atoms with Crippen LogP contribution < -0.4 is 5.32 Å². The summed E-state index contributed by atoms with van der Waals surface area (Å²) in [5, 5.41) is 3.64. The van der Waals surface area contributed by atoms with Gasteiger partial charge in [-0.15, -0.1) is 0 Å². The summed E-state index contributed by atoms with van der Waals surface area (Å²) in [6.45, 7) is 15.0. The Labute approximate surface area is 172 Å². The lowest BCUT2D eigenvalue weighted by atomic mass is 9.94. The summed E-state index contributed by atoms with van der Waals surface area (Å²) < 4.78 is 6.80. The predicted octanol–water partition coefficient (Wildman–Crippen LogP) is 7.18. The summed E-state index contributed by atoms with van der Waals surface area (Å²) in [5.74, 6) is 0.737. The molecule has 4 heteroatoms. The second-order valence-electron chi connectivity index (χ2n) is 8.16. The molecule has 0 saturated carbocycles. The van der Waals surface area contributed by atoms with Gasteiger partial charge in [0.1, 0.15) is 12.0 Å². The van der Waals surface area contributed by atoms with E-state index >= 15 is 0 Å². The molecule has 0 spiro atoms. The number of hydrogen-bond acceptors (Lipinski definition) is 3. The smallest absolute Gasteiger partial charge is 0.199 e. The highest BCUT2D eigenvalue weighted by Crippen LogP contribution is 2.29. The Balaban J connectivity index is 2.24. The van der Waals surface area contributed by atoms with Gasteiger partial charge < -0.3 is 9.73 Å². The van der Waals surface area contributed by atoms with Crippen LogP contribution in [0.4, 0.5) is 0 Å². The van der Waals surface area contributed by atoms with E-state index in [1.165, 1.54) is 30.4 Å². The maximum Gasteiger partial charge on any atom is 0.199 e. The van der Waals surface area contributed by atoms with Crippen molar-refractivity contribution in [3.8, 4) is 0 Å². The van der Waals surface area contributed by atoms with E-state index in [0.29, 0.717) is 0 Å². The number of unbranched alkanes of at least 4 members (excludes halogenated alkanes) is 2. The van der Waals surface area contributed by atoms with Gasteiger partial charge in [0.25, 0.3) is 0 Å². The highest BCUT2D eigenvalue weighted by molar-refractivity contribution is 9.10. The van der Waals surface area contributed by atoms with Gasteiger partial charge in [0.15, 0.2) is 5.89 Å². The molecule has 1 aromatic carbocycles. The molecule has 1 aromatic heterocycles. The minimum atomic E-state index is -0.111. The van der Waals surface area contributed by atoms with Crippen LogP contribution in [0.3, 0.4) is 0 Å². The van der Waals surface area contributed by atoms with E-state index in [-0.39, 0.29) is 11.5 Å². The van der Waals surface area contributed by atoms with Crippen molar-refractivity contribution in [1.82, 2.24) is 10.3 Å². The number of benzene rings is 1. The number of rotatable bonds is 9. The standard InChI is InChI=1S/C23H33BrN2O/c1-7-9-10-11-20(19-13-12-18(24)14-17(19)8-2)25-16(3)21-15-27-22(26-21)23(4,5)6/h12-15,20,25H,3,7-11H2,1-2,4-6H3. The van der Waals surface area contributed by atoms with Crippen molar-refractivity contribution in [2.24, 2.45) is 0 Å². The third-order valence-electron chi connectivity index (χ3n) is 4.76. The zero-order chi connectivity index (χ0) is 20.0. The molecule has 0 aliphatic carbocycles. The Hall–Kier alpha value is -1.55. The second kappa shape index (κ2) is 9.59. The molecule has 0 bridgehead atoms. The maximum atomic E-state index is 5.68. The van der Waals surface area contributed by atoms with E-state index in [0.717, 1.165) is 34.6 Å². The van der Waals surface area contributed by atoms with Gasteiger partial charge in [0.2, 0.25) is 0 Å². The molecule has 2 rings (SSSR count). The molecule has 1 atom stereocenters. The Kier molecular flexibility index (Phi) is 7.72. The van der Waals surface area contributed by atoms with Gasteiger partial charge in [0.05, 0.1) is 11.7 Å². The molecule has 3 nitrogen and oxygen atoms in total. The molecular weight excluding hydrogens is 400 g/mol. The van der Waals surface area contributed by atoms with Gasteiger partial charge >= 0.3 is 0 Å². The van der Waals surface area contributed by atoms with Crippen LogP contribution in [0.15, 0.2) is 39.9 Å². The quantitative estimate of drug-likeness (QED) is 0.426. The third-order valence-corrected chi connectivity index (χ3v) is 5.25. The van der Waals surface area contributed by atoms with Crippen LogP contribution in [0.5, 0.6) is 0 Å². The Morgan fingerprint density at radius 1 is 1.26 bits per heavy atom. The normalized spacial score (nSPS) is 12.8. The lowest BCUT2D eigenvalue weighted by Gasteiger charge is -2.24. The lowest BCUT2D eigenvalue weighted by Crippen LogP contribution is -2.21. The number of nitrogens with zero attached hydrogens (tertiary/aromatic N) is 1. The number of hydrogen-bond donors (Lipinski definition) is 1. The van der Waals surface area contributed by atoms with E-state index in [2.05, 4.69) is 85.6 Å². The van der Waals surface area contributed by atoms with Crippen LogP contribution >= 0.6 is 15.9 Å². The molecule has 1 N–H and O–H groups in total. The molecule has 148 valence electrons. The zero-order valence-corrected chi connectivity index (χ0v) is 18.9. The summed E-state index contributed by atoms with van der Waals surface area (Å²) >= 11 is 3.60. The highest BCUT2D eigenvalue weighted by atomic mass is 79.9. The van der Waals surface area contributed by atoms with Crippen LogP contribution in [0.25, 0.3) is 5.70 Å². The maximum absolute atomic E-state index is 5.68. The van der Waals surface area contributed by atoms with E-state index in [4.69, 9.17) is 4.42 Å². The first-order valence-corrected chi connectivity index (χ1v) is 10.8. The van der Waals surface area contributed by atoms with E-state index in [9.17, 15) is 0 Å². The first-order chi connectivity index (χ1) is 12.8. The number of aryl methyl sites for hydroxylation is 1. The van der Waals surface area contributed by atoms with Crippen LogP contribution in [-0.2, 0) is 11.8 Å². The lowest BCUT2D eigenvalue weighted by molar-refractivity contribution is 0.392. The molecule has 0 saturated heterocycles. The van der Waals surface area contributed by atoms with Crippen LogP contribution in [-0.4, -0.2) is 4.98 Å². The summed E-state index contributed by atoms with van der Waals surface area (Å²) in [7, 11) is 0. The van der Waals surface area contributed by atoms with E-state index in [1.54, 1.807) is 6.26 Å². The molecule has 1 heterocycles. The van der Waals surface area contributed by atoms with Crippen molar-refractivity contribution < 1.29 is 4.42 Å². The number of aromatic nitrogens is 1. The van der Waals surface area contributed by atoms with Crippen molar-refractivity contribution in [1.29, 1.82) is 0 Å². The molecule has 0 aliphatic rings. The van der Waals surface area contributed by atoms with E-state index in [1.807, 2.05) is 0 Å². The predicted molar refractivity (Wildman–Crippen MR) is 118 cm³/mol. The Bertz CT molecular complexity index is 758. The molecular formula is C23H33BrN2O. The number of nitrogens with one attached hydrogen (secondary N) is 1. The fourth-order valence-electron chi connectivity index (χ4n) is 3.17. The molecule has 0 radical (unpaired) electrons. The monoisotopic (exact) mass is 432 g/mol. The molecule has 0 amide bonds. The zero-order valence-electron chi connectivity index (χ0n) is 17.4. The minimum Gasteiger partial charge on any atom is -0.448 e. The van der Waals surface area contributed by atoms with Gasteiger partial charge in [-0.25, -0.2) is 4.98 Å². The van der Waals surface area contributed by atoms with Gasteiger partial charge in [-0.05, 0) is 36.1 Å². The first kappa shape index (κ1) is 21.7. The Morgan fingerprint density at radius 2 is 2.00 bits per heavy atom. The summed E-state index contributed by atoms with van der Waals surface area (Å²) in [6.07, 6.45) is 7.43. The van der Waals surface area contributed by atoms with Gasteiger partial charge in [-0.3, -0.25) is 0 Å². The fourth-order valence-corrected chi connectivity index (χ4v) is 3.57. The number of oxazole rings is 1. The second-order valence-corrected chi connectivity index (χ2v) is 9.07. The average molecular weight is 433 g/mol. The summed E-state index contributed by atoms with van der Waals surface area (Å²) in [4.78, 5) is 4.65. The van der Waals surface area contributed by atoms with Crippen molar-refractivity contribution in [3.05, 3.63) is 58.2 Å². The van der Waals surface area contributed by atoms with Gasteiger partial charge in [-0.2, -0.15) is 0 Å². The summed E-state index contributed by atoms with van der Waals surface area (Å²) in [5.41, 5.74) is 4.20. The van der Waals surface area contributed by atoms with Gasteiger partial charge in [0, 0.05) is 9.89 Å². The van der Waals surface area contributed by atoms with Crippen molar-refractivity contribution in [2.75, 3.05) is 0 Å². The van der Waals surface area contributed by atoms with Crippen molar-refractivity contribution >= 4 is 21.6 Å². The highest BCUT2D eigenvalue weighted by Gasteiger charge is 2.22. The molecule has 0 aliphatic heterocycles. The van der Waals surface area contributed by atoms with Crippen molar-refractivity contribution in [3.63, 3.8) is 0 Å². The largest absolute Gasteiger partial charge is 0.448 e. The van der Waals surface area contributed by atoms with Gasteiger partial charge in [-0.1, -0.05) is 82.5 Å². The van der Waals surface area contributed by atoms with E-state index < -0.39 is 0 Å². The summed E-state index contributed by atoms with van der Waals surface area (Å²) in [6, 6.07) is 6.80. The average Bonchev–Trinajstić information content (AvgIpc) is 3.11. The van der Waals surface area contributed by atoms with Crippen LogP contribution in [0.1, 0.15) is 89.1 Å². The Morgan fingerprint density at radius 3 is 2.59 bits per heavy atom. The fraction of sp³-hybridized carbons (Fsp3) is 0.522.